The Labute approximate surface area is 153 Å². The quantitative estimate of drug-likeness (QED) is 0.513. The second-order valence-electron chi connectivity index (χ2n) is 5.50. The Morgan fingerprint density at radius 3 is 2.56 bits per heavy atom. The molecule has 0 aliphatic carbocycles. The summed E-state index contributed by atoms with van der Waals surface area (Å²) in [6.07, 6.45) is -2.68. The number of aromatic nitrogens is 2. The van der Waals surface area contributed by atoms with Crippen molar-refractivity contribution in [1.82, 2.24) is 15.3 Å². The summed E-state index contributed by atoms with van der Waals surface area (Å²) < 4.78 is 52.8. The smallest absolute Gasteiger partial charge is 0.433 e. The van der Waals surface area contributed by atoms with Gasteiger partial charge in [0.25, 0.3) is 6.47 Å². The van der Waals surface area contributed by atoms with Crippen LogP contribution < -0.4 is 10.6 Å². The zero-order chi connectivity index (χ0) is 20.4. The van der Waals surface area contributed by atoms with Crippen molar-refractivity contribution < 1.29 is 27.5 Å². The average Bonchev–Trinajstić information content (AvgIpc) is 2.60. The molecule has 0 aliphatic heterocycles. The Morgan fingerprint density at radius 1 is 1.33 bits per heavy atom. The Balaban J connectivity index is 0.00000114. The molecule has 10 heteroatoms. The minimum Gasteiger partial charge on any atom is -0.483 e. The summed E-state index contributed by atoms with van der Waals surface area (Å²) in [5.41, 5.74) is -0.770. The zero-order valence-corrected chi connectivity index (χ0v) is 14.7. The highest BCUT2D eigenvalue weighted by Gasteiger charge is 2.36. The molecule has 6 nitrogen and oxygen atoms in total. The monoisotopic (exact) mass is 388 g/mol. The van der Waals surface area contributed by atoms with Gasteiger partial charge >= 0.3 is 6.18 Å². The molecule has 1 heterocycles. The molecule has 2 aromatic rings. The summed E-state index contributed by atoms with van der Waals surface area (Å²) in [6.45, 7) is 3.59. The Kier molecular flexibility index (Phi) is 8.60. The van der Waals surface area contributed by atoms with Crippen LogP contribution in [0.1, 0.15) is 31.5 Å². The predicted molar refractivity (Wildman–Crippen MR) is 92.0 cm³/mol. The molecule has 148 valence electrons. The molecular weight excluding hydrogens is 368 g/mol. The molecule has 0 fully saturated rings. The Hall–Kier alpha value is -2.75. The van der Waals surface area contributed by atoms with E-state index in [0.717, 1.165) is 18.7 Å². The second-order valence-corrected chi connectivity index (χ2v) is 5.50. The summed E-state index contributed by atoms with van der Waals surface area (Å²) in [4.78, 5) is 15.8. The van der Waals surface area contributed by atoms with Crippen LogP contribution in [0.3, 0.4) is 0 Å². The van der Waals surface area contributed by atoms with Gasteiger partial charge in [-0.3, -0.25) is 4.79 Å². The van der Waals surface area contributed by atoms with Crippen LogP contribution >= 0.6 is 0 Å². The molecule has 1 aromatic heterocycles. The normalized spacial score (nSPS) is 11.9. The molecule has 0 aliphatic rings. The third-order valence-electron chi connectivity index (χ3n) is 3.47. The highest BCUT2D eigenvalue weighted by molar-refractivity contribution is 5.53. The van der Waals surface area contributed by atoms with E-state index in [1.54, 1.807) is 0 Å². The average molecular weight is 388 g/mol. The fourth-order valence-electron chi connectivity index (χ4n) is 1.97. The molecule has 0 saturated heterocycles. The number of benzene rings is 1. The first kappa shape index (κ1) is 22.3. The van der Waals surface area contributed by atoms with Gasteiger partial charge in [0.2, 0.25) is 5.95 Å². The van der Waals surface area contributed by atoms with Gasteiger partial charge in [-0.05, 0) is 31.5 Å². The Morgan fingerprint density at radius 2 is 2.00 bits per heavy atom. The molecule has 0 bridgehead atoms. The van der Waals surface area contributed by atoms with Crippen molar-refractivity contribution in [1.29, 1.82) is 0 Å². The van der Waals surface area contributed by atoms with E-state index in [4.69, 9.17) is 9.90 Å². The minimum atomic E-state index is -4.60. The number of nitrogens with one attached hydrogen (secondary N) is 2. The summed E-state index contributed by atoms with van der Waals surface area (Å²) in [7, 11) is 0. The molecule has 0 saturated carbocycles. The molecule has 1 atom stereocenters. The van der Waals surface area contributed by atoms with E-state index in [0.29, 0.717) is 0 Å². The van der Waals surface area contributed by atoms with Gasteiger partial charge in [0.1, 0.15) is 5.82 Å². The fraction of sp³-hybridized carbons (Fsp3) is 0.353. The van der Waals surface area contributed by atoms with Crippen molar-refractivity contribution in [3.05, 3.63) is 47.5 Å². The topological polar surface area (TPSA) is 87.1 Å². The van der Waals surface area contributed by atoms with E-state index in [9.17, 15) is 17.6 Å². The number of hydrogen-bond donors (Lipinski definition) is 3. The van der Waals surface area contributed by atoms with Gasteiger partial charge in [0.15, 0.2) is 5.69 Å². The number of hydrogen-bond acceptors (Lipinski definition) is 5. The third kappa shape index (κ3) is 7.57. The van der Waals surface area contributed by atoms with E-state index < -0.39 is 17.7 Å². The first-order chi connectivity index (χ1) is 12.7. The zero-order valence-electron chi connectivity index (χ0n) is 14.7. The van der Waals surface area contributed by atoms with Crippen LogP contribution in [0.2, 0.25) is 0 Å². The lowest BCUT2D eigenvalue weighted by Crippen LogP contribution is -2.26. The van der Waals surface area contributed by atoms with Crippen molar-refractivity contribution in [2.45, 2.75) is 39.0 Å². The van der Waals surface area contributed by atoms with Crippen LogP contribution in [0, 0.1) is 5.82 Å². The summed E-state index contributed by atoms with van der Waals surface area (Å²) in [5, 5.41) is 12.5. The number of carboxylic acid groups (broad SMARTS) is 1. The van der Waals surface area contributed by atoms with Crippen LogP contribution in [0.4, 0.5) is 29.2 Å². The lowest BCUT2D eigenvalue weighted by atomic mass is 10.2. The maximum Gasteiger partial charge on any atom is 0.433 e. The molecule has 2 rings (SSSR count). The van der Waals surface area contributed by atoms with Gasteiger partial charge in [-0.25, -0.2) is 14.4 Å². The van der Waals surface area contributed by atoms with Crippen molar-refractivity contribution in [2.24, 2.45) is 0 Å². The molecule has 0 amide bonds. The molecule has 27 heavy (non-hydrogen) atoms. The van der Waals surface area contributed by atoms with E-state index in [1.807, 2.05) is 13.8 Å². The molecule has 3 N–H and O–H groups in total. The van der Waals surface area contributed by atoms with Gasteiger partial charge in [-0.15, -0.1) is 0 Å². The van der Waals surface area contributed by atoms with Gasteiger partial charge in [-0.1, -0.05) is 13.0 Å². The van der Waals surface area contributed by atoms with Crippen molar-refractivity contribution in [3.63, 3.8) is 0 Å². The van der Waals surface area contributed by atoms with Crippen molar-refractivity contribution >= 4 is 18.1 Å². The van der Waals surface area contributed by atoms with Gasteiger partial charge in [-0.2, -0.15) is 13.2 Å². The third-order valence-corrected chi connectivity index (χ3v) is 3.47. The predicted octanol–water partition coefficient (Wildman–Crippen LogP) is 3.97. The first-order valence-electron chi connectivity index (χ1n) is 7.98. The summed E-state index contributed by atoms with van der Waals surface area (Å²) in [5.74, 6) is -0.745. The lowest BCUT2D eigenvalue weighted by molar-refractivity contribution is -0.141. The van der Waals surface area contributed by atoms with Gasteiger partial charge < -0.3 is 15.7 Å². The van der Waals surface area contributed by atoms with Crippen LogP contribution in [-0.2, 0) is 17.5 Å². The van der Waals surface area contributed by atoms with Crippen LogP contribution in [0.15, 0.2) is 30.5 Å². The van der Waals surface area contributed by atoms with Gasteiger partial charge in [0, 0.05) is 30.0 Å². The van der Waals surface area contributed by atoms with Gasteiger partial charge in [0.05, 0.1) is 0 Å². The highest BCUT2D eigenvalue weighted by Crippen LogP contribution is 2.31. The van der Waals surface area contributed by atoms with Crippen molar-refractivity contribution in [3.8, 4) is 0 Å². The highest BCUT2D eigenvalue weighted by atomic mass is 19.4. The largest absolute Gasteiger partial charge is 0.483 e. The number of carbonyl (C=O) groups is 1. The number of rotatable bonds is 6. The van der Waals surface area contributed by atoms with Crippen LogP contribution in [-0.4, -0.2) is 27.6 Å². The lowest BCUT2D eigenvalue weighted by Gasteiger charge is -2.16. The maximum absolute atomic E-state index is 13.2. The first-order valence-corrected chi connectivity index (χ1v) is 7.98. The SMILES string of the molecule is CCC(C)NCc1cnc(Nc2cccc(F)c2)nc1C(F)(F)F.O=CO. The molecule has 0 radical (unpaired) electrons. The maximum atomic E-state index is 13.2. The standard InChI is InChI=1S/C16H18F4N4.CH2O2/c1-3-10(2)21-8-11-9-22-15(24-14(11)16(18,19)20)23-13-6-4-5-12(17)7-13;2-1-3/h4-7,9-10,21H,3,8H2,1-2H3,(H,22,23,24);1H,(H,2,3). The molecule has 0 spiro atoms. The van der Waals surface area contributed by atoms with E-state index in [-0.39, 0.29) is 36.3 Å². The number of alkyl halides is 3. The minimum absolute atomic E-state index is 0.0180. The summed E-state index contributed by atoms with van der Waals surface area (Å²) in [6, 6.07) is 5.41. The van der Waals surface area contributed by atoms with Crippen LogP contribution in [0.25, 0.3) is 0 Å². The molecule has 1 aromatic carbocycles. The van der Waals surface area contributed by atoms with E-state index >= 15 is 0 Å². The Bertz CT molecular complexity index is 741. The van der Waals surface area contributed by atoms with E-state index in [1.165, 1.54) is 18.2 Å². The molecular formula is C17H20F4N4O2. The van der Waals surface area contributed by atoms with E-state index in [2.05, 4.69) is 20.6 Å². The second kappa shape index (κ2) is 10.4. The fourth-order valence-corrected chi connectivity index (χ4v) is 1.97. The number of halogens is 4. The van der Waals surface area contributed by atoms with Crippen molar-refractivity contribution in [2.75, 3.05) is 5.32 Å². The number of nitrogens with zero attached hydrogens (tertiary/aromatic N) is 2. The number of anilines is 2. The summed E-state index contributed by atoms with van der Waals surface area (Å²) >= 11 is 0. The molecule has 1 unspecified atom stereocenters. The van der Waals surface area contributed by atoms with Crippen LogP contribution in [0.5, 0.6) is 0 Å².